The van der Waals surface area contributed by atoms with Gasteiger partial charge in [-0.1, -0.05) is 146 Å². The van der Waals surface area contributed by atoms with E-state index in [-0.39, 0.29) is 31.6 Å². The molecule has 0 spiro atoms. The Labute approximate surface area is 265 Å². The molecule has 0 aromatic rings. The first-order valence-electron chi connectivity index (χ1n) is 17.7. The molecule has 0 aliphatic carbocycles. The zero-order valence-electron chi connectivity index (χ0n) is 28.0. The van der Waals surface area contributed by atoms with E-state index in [0.717, 1.165) is 44.9 Å². The van der Waals surface area contributed by atoms with Crippen molar-refractivity contribution >= 4 is 11.9 Å². The fourth-order valence-corrected chi connectivity index (χ4v) is 4.66. The Morgan fingerprint density at radius 2 is 0.953 bits per heavy atom. The molecular formula is C38H66O5. The van der Waals surface area contributed by atoms with Crippen LogP contribution < -0.4 is 0 Å². The molecule has 5 heteroatoms. The molecule has 0 aromatic carbocycles. The van der Waals surface area contributed by atoms with Crippen LogP contribution in [0.25, 0.3) is 0 Å². The minimum absolute atomic E-state index is 0.0868. The third-order valence-corrected chi connectivity index (χ3v) is 7.38. The molecule has 0 amide bonds. The average Bonchev–Trinajstić information content (AvgIpc) is 3.01. The van der Waals surface area contributed by atoms with Crippen molar-refractivity contribution in [3.8, 4) is 0 Å². The van der Waals surface area contributed by atoms with E-state index in [0.29, 0.717) is 12.8 Å². The first-order valence-corrected chi connectivity index (χ1v) is 17.7. The third-order valence-electron chi connectivity index (χ3n) is 7.38. The second kappa shape index (κ2) is 34.4. The minimum atomic E-state index is -0.796. The van der Waals surface area contributed by atoms with Crippen molar-refractivity contribution in [1.29, 1.82) is 0 Å². The monoisotopic (exact) mass is 602 g/mol. The van der Waals surface area contributed by atoms with Gasteiger partial charge >= 0.3 is 11.9 Å². The van der Waals surface area contributed by atoms with Gasteiger partial charge in [-0.2, -0.15) is 0 Å². The fourth-order valence-electron chi connectivity index (χ4n) is 4.66. The van der Waals surface area contributed by atoms with Crippen LogP contribution in [0.4, 0.5) is 0 Å². The number of hydrogen-bond acceptors (Lipinski definition) is 5. The summed E-state index contributed by atoms with van der Waals surface area (Å²) in [4.78, 5) is 24.1. The number of allylic oxidation sites excluding steroid dienone is 8. The smallest absolute Gasteiger partial charge is 0.306 e. The Bertz CT molecular complexity index is 737. The molecule has 0 saturated carbocycles. The lowest BCUT2D eigenvalue weighted by Gasteiger charge is -2.15. The number of ether oxygens (including phenoxy) is 2. The predicted octanol–water partition coefficient (Wildman–Crippen LogP) is 10.7. The number of carbonyl (C=O) groups is 2. The lowest BCUT2D eigenvalue weighted by Crippen LogP contribution is -2.28. The van der Waals surface area contributed by atoms with E-state index < -0.39 is 6.10 Å². The lowest BCUT2D eigenvalue weighted by molar-refractivity contribution is -0.161. The molecule has 0 rings (SSSR count). The average molecular weight is 603 g/mol. The summed E-state index contributed by atoms with van der Waals surface area (Å²) in [5.74, 6) is -0.658. The maximum Gasteiger partial charge on any atom is 0.306 e. The molecule has 1 N–H and O–H groups in total. The van der Waals surface area contributed by atoms with Crippen molar-refractivity contribution in [2.45, 2.75) is 168 Å². The van der Waals surface area contributed by atoms with Gasteiger partial charge in [-0.15, -0.1) is 0 Å². The summed E-state index contributed by atoms with van der Waals surface area (Å²) in [6, 6.07) is 0. The summed E-state index contributed by atoms with van der Waals surface area (Å²) in [6.45, 7) is 4.04. The van der Waals surface area contributed by atoms with Crippen LogP contribution in [0.3, 0.4) is 0 Å². The van der Waals surface area contributed by atoms with E-state index in [9.17, 15) is 14.7 Å². The Morgan fingerprint density at radius 1 is 0.535 bits per heavy atom. The molecule has 0 fully saturated rings. The fraction of sp³-hybridized carbons (Fsp3) is 0.737. The van der Waals surface area contributed by atoms with Gasteiger partial charge in [0.05, 0.1) is 6.61 Å². The normalized spacial score (nSPS) is 12.7. The Kier molecular flexibility index (Phi) is 32.6. The van der Waals surface area contributed by atoms with Crippen LogP contribution in [0.2, 0.25) is 0 Å². The van der Waals surface area contributed by atoms with Crippen molar-refractivity contribution in [1.82, 2.24) is 0 Å². The molecule has 43 heavy (non-hydrogen) atoms. The summed E-state index contributed by atoms with van der Waals surface area (Å²) in [7, 11) is 0. The number of esters is 2. The number of aliphatic hydroxyl groups is 1. The molecule has 0 bridgehead atoms. The first kappa shape index (κ1) is 40.9. The largest absolute Gasteiger partial charge is 0.462 e. The van der Waals surface area contributed by atoms with Crippen LogP contribution in [0, 0.1) is 0 Å². The maximum atomic E-state index is 12.1. The van der Waals surface area contributed by atoms with Crippen LogP contribution in [0.5, 0.6) is 0 Å². The van der Waals surface area contributed by atoms with Gasteiger partial charge < -0.3 is 14.6 Å². The Hall–Kier alpha value is -2.14. The number of unbranched alkanes of at least 4 members (excludes halogenated alkanes) is 15. The topological polar surface area (TPSA) is 72.8 Å². The van der Waals surface area contributed by atoms with Crippen molar-refractivity contribution in [2.24, 2.45) is 0 Å². The summed E-state index contributed by atoms with van der Waals surface area (Å²) < 4.78 is 10.5. The van der Waals surface area contributed by atoms with E-state index in [1.165, 1.54) is 83.5 Å². The summed E-state index contributed by atoms with van der Waals surface area (Å²) in [5, 5.41) is 9.50. The van der Waals surface area contributed by atoms with Gasteiger partial charge in [0.1, 0.15) is 6.61 Å². The predicted molar refractivity (Wildman–Crippen MR) is 182 cm³/mol. The molecule has 248 valence electrons. The number of carbonyl (C=O) groups excluding carboxylic acids is 2. The molecule has 0 unspecified atom stereocenters. The highest BCUT2D eigenvalue weighted by molar-refractivity contribution is 5.70. The highest BCUT2D eigenvalue weighted by atomic mass is 16.6. The van der Waals surface area contributed by atoms with Crippen molar-refractivity contribution in [3.05, 3.63) is 48.6 Å². The standard InChI is InChI=1S/C38H66O5/c1-3-5-7-9-11-13-15-17-18-19-20-21-23-25-27-29-31-33-38(41)43-36(34-39)35-42-37(40)32-30-28-26-24-22-16-14-12-10-8-6-4-2/h11,13,17-18,20-21,25,27,36,39H,3-10,12,14-16,19,22-24,26,28-35H2,1-2H3/b13-11-,18-17-,21-20-,27-25-/t36-/m0/s1. The number of hydrogen-bond donors (Lipinski definition) is 1. The zero-order chi connectivity index (χ0) is 31.5. The van der Waals surface area contributed by atoms with Crippen LogP contribution in [-0.2, 0) is 19.1 Å². The van der Waals surface area contributed by atoms with E-state index in [2.05, 4.69) is 62.5 Å². The molecule has 0 aliphatic rings. The third kappa shape index (κ3) is 32.6. The Balaban J connectivity index is 3.70. The van der Waals surface area contributed by atoms with Gasteiger partial charge in [0, 0.05) is 12.8 Å². The lowest BCUT2D eigenvalue weighted by atomic mass is 10.0. The molecule has 0 saturated heterocycles. The van der Waals surface area contributed by atoms with E-state index in [1.54, 1.807) is 0 Å². The highest BCUT2D eigenvalue weighted by Crippen LogP contribution is 2.13. The van der Waals surface area contributed by atoms with Crippen LogP contribution in [0.1, 0.15) is 162 Å². The quantitative estimate of drug-likeness (QED) is 0.0485. The van der Waals surface area contributed by atoms with Crippen LogP contribution >= 0.6 is 0 Å². The minimum Gasteiger partial charge on any atom is -0.462 e. The highest BCUT2D eigenvalue weighted by Gasteiger charge is 2.15. The van der Waals surface area contributed by atoms with E-state index >= 15 is 0 Å². The molecule has 1 atom stereocenters. The second-order valence-electron chi connectivity index (χ2n) is 11.6. The Morgan fingerprint density at radius 3 is 1.47 bits per heavy atom. The molecule has 0 aromatic heterocycles. The van der Waals surface area contributed by atoms with E-state index in [1.807, 2.05) is 0 Å². The zero-order valence-corrected chi connectivity index (χ0v) is 28.0. The molecule has 0 radical (unpaired) electrons. The molecular weight excluding hydrogens is 536 g/mol. The first-order chi connectivity index (χ1) is 21.1. The summed E-state index contributed by atoms with van der Waals surface area (Å²) in [6.07, 6.45) is 41.7. The van der Waals surface area contributed by atoms with Crippen LogP contribution in [0.15, 0.2) is 48.6 Å². The SMILES string of the molecule is CCCCC/C=C\C/C=C\C/C=C\C/C=C\CCCC(=O)O[C@@H](CO)COC(=O)CCCCCCCCCCCCCC. The van der Waals surface area contributed by atoms with Gasteiger partial charge in [-0.25, -0.2) is 0 Å². The van der Waals surface area contributed by atoms with Crippen LogP contribution in [-0.4, -0.2) is 36.4 Å². The summed E-state index contributed by atoms with van der Waals surface area (Å²) >= 11 is 0. The van der Waals surface area contributed by atoms with Gasteiger partial charge in [0.2, 0.25) is 0 Å². The maximum absolute atomic E-state index is 12.1. The molecule has 5 nitrogen and oxygen atoms in total. The van der Waals surface area contributed by atoms with Crippen molar-refractivity contribution < 1.29 is 24.2 Å². The number of aliphatic hydroxyl groups excluding tert-OH is 1. The second-order valence-corrected chi connectivity index (χ2v) is 11.6. The molecule has 0 heterocycles. The van der Waals surface area contributed by atoms with Gasteiger partial charge in [-0.3, -0.25) is 9.59 Å². The van der Waals surface area contributed by atoms with Gasteiger partial charge in [-0.05, 0) is 51.4 Å². The van der Waals surface area contributed by atoms with Gasteiger partial charge in [0.15, 0.2) is 6.10 Å². The molecule has 0 aliphatic heterocycles. The summed E-state index contributed by atoms with van der Waals surface area (Å²) in [5.41, 5.74) is 0. The van der Waals surface area contributed by atoms with E-state index in [4.69, 9.17) is 9.47 Å². The van der Waals surface area contributed by atoms with Gasteiger partial charge in [0.25, 0.3) is 0 Å². The van der Waals surface area contributed by atoms with Crippen molar-refractivity contribution in [3.63, 3.8) is 0 Å². The number of rotatable bonds is 31. The van der Waals surface area contributed by atoms with Crippen molar-refractivity contribution in [2.75, 3.05) is 13.2 Å².